The van der Waals surface area contributed by atoms with Gasteiger partial charge in [0.05, 0.1) is 12.2 Å². The Hall–Kier alpha value is -0.860. The Morgan fingerprint density at radius 2 is 1.88 bits per heavy atom. The molecule has 2 aliphatic heterocycles. The van der Waals surface area contributed by atoms with E-state index in [9.17, 15) is 0 Å². The zero-order chi connectivity index (χ0) is 12.0. The van der Waals surface area contributed by atoms with Crippen molar-refractivity contribution in [2.45, 2.75) is 51.4 Å². The summed E-state index contributed by atoms with van der Waals surface area (Å²) in [6.45, 7) is 4.28. The Kier molecular flexibility index (Phi) is 2.72. The van der Waals surface area contributed by atoms with E-state index in [-0.39, 0.29) is 6.04 Å². The fourth-order valence-corrected chi connectivity index (χ4v) is 3.50. The molecular formula is C15H21NO. The maximum Gasteiger partial charge on any atom is 0.0627 e. The van der Waals surface area contributed by atoms with Gasteiger partial charge in [-0.2, -0.15) is 0 Å². The summed E-state index contributed by atoms with van der Waals surface area (Å²) in [5, 5.41) is 0. The molecule has 92 valence electrons. The van der Waals surface area contributed by atoms with Crippen LogP contribution in [0, 0.1) is 19.8 Å². The summed E-state index contributed by atoms with van der Waals surface area (Å²) in [6, 6.07) is 6.80. The molecule has 2 bridgehead atoms. The van der Waals surface area contributed by atoms with E-state index in [2.05, 4.69) is 32.0 Å². The molecule has 0 spiro atoms. The first-order chi connectivity index (χ1) is 8.13. The highest BCUT2D eigenvalue weighted by atomic mass is 16.5. The SMILES string of the molecule is Cc1cc(C)cc(C(N)C2CC3CCC2O3)c1. The summed E-state index contributed by atoms with van der Waals surface area (Å²) in [5.74, 6) is 0.523. The Labute approximate surface area is 103 Å². The molecule has 2 nitrogen and oxygen atoms in total. The lowest BCUT2D eigenvalue weighted by Crippen LogP contribution is -2.29. The van der Waals surface area contributed by atoms with Crippen molar-refractivity contribution in [3.8, 4) is 0 Å². The lowest BCUT2D eigenvalue weighted by Gasteiger charge is -2.26. The standard InChI is InChI=1S/C15H21NO/c1-9-5-10(2)7-11(6-9)15(16)13-8-12-3-4-14(13)17-12/h5-7,12-15H,3-4,8,16H2,1-2H3. The van der Waals surface area contributed by atoms with Gasteiger partial charge in [-0.15, -0.1) is 0 Å². The normalized spacial score (nSPS) is 33.0. The van der Waals surface area contributed by atoms with E-state index in [1.54, 1.807) is 0 Å². The van der Waals surface area contributed by atoms with E-state index < -0.39 is 0 Å². The maximum absolute atomic E-state index is 6.44. The highest BCUT2D eigenvalue weighted by molar-refractivity contribution is 5.31. The number of ether oxygens (including phenoxy) is 1. The van der Waals surface area contributed by atoms with Crippen LogP contribution < -0.4 is 5.73 Å². The summed E-state index contributed by atoms with van der Waals surface area (Å²) in [5.41, 5.74) is 10.3. The van der Waals surface area contributed by atoms with Crippen molar-refractivity contribution in [2.75, 3.05) is 0 Å². The van der Waals surface area contributed by atoms with Gasteiger partial charge in [-0.3, -0.25) is 0 Å². The molecule has 3 rings (SSSR count). The van der Waals surface area contributed by atoms with Gasteiger partial charge >= 0.3 is 0 Å². The van der Waals surface area contributed by atoms with Crippen molar-refractivity contribution >= 4 is 0 Å². The molecule has 0 aromatic heterocycles. The lowest BCUT2D eigenvalue weighted by molar-refractivity contribution is 0.0884. The van der Waals surface area contributed by atoms with Gasteiger partial charge in [0.1, 0.15) is 0 Å². The predicted molar refractivity (Wildman–Crippen MR) is 68.8 cm³/mol. The minimum Gasteiger partial charge on any atom is -0.375 e. The van der Waals surface area contributed by atoms with Crippen LogP contribution in [0.4, 0.5) is 0 Å². The molecule has 1 aromatic rings. The van der Waals surface area contributed by atoms with E-state index in [4.69, 9.17) is 10.5 Å². The first kappa shape index (κ1) is 11.2. The molecule has 2 fully saturated rings. The second-order valence-electron chi connectivity index (χ2n) is 5.72. The minimum atomic E-state index is 0.142. The van der Waals surface area contributed by atoms with Crippen molar-refractivity contribution in [2.24, 2.45) is 11.7 Å². The molecule has 1 aromatic carbocycles. The molecule has 4 atom stereocenters. The second kappa shape index (κ2) is 4.11. The third-order valence-corrected chi connectivity index (χ3v) is 4.24. The van der Waals surface area contributed by atoms with Gasteiger partial charge in [-0.25, -0.2) is 0 Å². The van der Waals surface area contributed by atoms with Crippen LogP contribution in [0.15, 0.2) is 18.2 Å². The average molecular weight is 231 g/mol. The zero-order valence-corrected chi connectivity index (χ0v) is 10.6. The first-order valence-electron chi connectivity index (χ1n) is 6.63. The second-order valence-corrected chi connectivity index (χ2v) is 5.72. The van der Waals surface area contributed by atoms with Crippen LogP contribution in [0.1, 0.15) is 42.0 Å². The van der Waals surface area contributed by atoms with Gasteiger partial charge in [0, 0.05) is 12.0 Å². The van der Waals surface area contributed by atoms with E-state index in [1.807, 2.05) is 0 Å². The molecule has 2 heterocycles. The topological polar surface area (TPSA) is 35.2 Å². The fourth-order valence-electron chi connectivity index (χ4n) is 3.50. The average Bonchev–Trinajstić information content (AvgIpc) is 2.88. The zero-order valence-electron chi connectivity index (χ0n) is 10.6. The van der Waals surface area contributed by atoms with Gasteiger partial charge in [-0.05, 0) is 38.7 Å². The first-order valence-corrected chi connectivity index (χ1v) is 6.63. The van der Waals surface area contributed by atoms with E-state index in [1.165, 1.54) is 29.5 Å². The smallest absolute Gasteiger partial charge is 0.0627 e. The Morgan fingerprint density at radius 3 is 2.41 bits per heavy atom. The summed E-state index contributed by atoms with van der Waals surface area (Å²) in [7, 11) is 0. The van der Waals surface area contributed by atoms with Crippen LogP contribution in [-0.2, 0) is 4.74 Å². The Bertz CT molecular complexity index is 409. The van der Waals surface area contributed by atoms with Crippen LogP contribution in [0.2, 0.25) is 0 Å². The Balaban J connectivity index is 1.83. The largest absolute Gasteiger partial charge is 0.375 e. The van der Waals surface area contributed by atoms with Crippen molar-refractivity contribution in [3.63, 3.8) is 0 Å². The molecule has 4 unspecified atom stereocenters. The van der Waals surface area contributed by atoms with Crippen LogP contribution >= 0.6 is 0 Å². The van der Waals surface area contributed by atoms with Crippen molar-refractivity contribution in [1.29, 1.82) is 0 Å². The summed E-state index contributed by atoms with van der Waals surface area (Å²) >= 11 is 0. The fraction of sp³-hybridized carbons (Fsp3) is 0.600. The lowest BCUT2D eigenvalue weighted by atomic mass is 9.81. The molecule has 2 N–H and O–H groups in total. The minimum absolute atomic E-state index is 0.142. The molecule has 0 amide bonds. The van der Waals surface area contributed by atoms with Gasteiger partial charge in [0.25, 0.3) is 0 Å². The molecule has 2 heteroatoms. The van der Waals surface area contributed by atoms with Crippen LogP contribution in [0.5, 0.6) is 0 Å². The quantitative estimate of drug-likeness (QED) is 0.849. The van der Waals surface area contributed by atoms with E-state index in [0.717, 1.165) is 6.42 Å². The van der Waals surface area contributed by atoms with Gasteiger partial charge in [0.15, 0.2) is 0 Å². The summed E-state index contributed by atoms with van der Waals surface area (Å²) < 4.78 is 5.91. The van der Waals surface area contributed by atoms with E-state index in [0.29, 0.717) is 18.1 Å². The number of aryl methyl sites for hydroxylation is 2. The molecular weight excluding hydrogens is 210 g/mol. The third kappa shape index (κ3) is 2.00. The summed E-state index contributed by atoms with van der Waals surface area (Å²) in [6.07, 6.45) is 4.49. The molecule has 0 aliphatic carbocycles. The number of fused-ring (bicyclic) bond motifs is 2. The number of benzene rings is 1. The maximum atomic E-state index is 6.44. The van der Waals surface area contributed by atoms with Crippen molar-refractivity contribution in [3.05, 3.63) is 34.9 Å². The van der Waals surface area contributed by atoms with Gasteiger partial charge in [0.2, 0.25) is 0 Å². The molecule has 17 heavy (non-hydrogen) atoms. The van der Waals surface area contributed by atoms with Crippen LogP contribution in [-0.4, -0.2) is 12.2 Å². The highest BCUT2D eigenvalue weighted by Gasteiger charge is 2.43. The molecule has 0 radical (unpaired) electrons. The van der Waals surface area contributed by atoms with Crippen molar-refractivity contribution < 1.29 is 4.74 Å². The number of hydrogen-bond donors (Lipinski definition) is 1. The van der Waals surface area contributed by atoms with Gasteiger partial charge < -0.3 is 10.5 Å². The molecule has 2 saturated heterocycles. The number of hydrogen-bond acceptors (Lipinski definition) is 2. The van der Waals surface area contributed by atoms with Crippen LogP contribution in [0.25, 0.3) is 0 Å². The summed E-state index contributed by atoms with van der Waals surface area (Å²) in [4.78, 5) is 0. The van der Waals surface area contributed by atoms with Gasteiger partial charge in [-0.1, -0.05) is 29.3 Å². The monoisotopic (exact) mass is 231 g/mol. The number of nitrogens with two attached hydrogens (primary N) is 1. The Morgan fingerprint density at radius 1 is 1.18 bits per heavy atom. The van der Waals surface area contributed by atoms with Crippen molar-refractivity contribution in [1.82, 2.24) is 0 Å². The van der Waals surface area contributed by atoms with Crippen LogP contribution in [0.3, 0.4) is 0 Å². The molecule has 0 saturated carbocycles. The van der Waals surface area contributed by atoms with E-state index >= 15 is 0 Å². The third-order valence-electron chi connectivity index (χ3n) is 4.24. The predicted octanol–water partition coefficient (Wildman–Crippen LogP) is 2.87. The molecule has 2 aliphatic rings. The highest BCUT2D eigenvalue weighted by Crippen LogP contribution is 2.43. The number of rotatable bonds is 2.